The molecule has 0 aliphatic rings. The van der Waals surface area contributed by atoms with E-state index in [4.69, 9.17) is 6.42 Å². The van der Waals surface area contributed by atoms with E-state index in [9.17, 15) is 0 Å². The van der Waals surface area contributed by atoms with Crippen LogP contribution in [0, 0.1) is 12.3 Å². The Labute approximate surface area is 103 Å². The van der Waals surface area contributed by atoms with Crippen molar-refractivity contribution in [3.63, 3.8) is 0 Å². The van der Waals surface area contributed by atoms with Gasteiger partial charge in [0.05, 0.1) is 24.6 Å². The molecule has 0 aliphatic heterocycles. The number of anilines is 1. The predicted molar refractivity (Wildman–Crippen MR) is 70.7 cm³/mol. The third-order valence-electron chi connectivity index (χ3n) is 2.37. The second-order valence-electron chi connectivity index (χ2n) is 4.12. The summed E-state index contributed by atoms with van der Waals surface area (Å²) in [6.07, 6.45) is 8.87. The van der Waals surface area contributed by atoms with Gasteiger partial charge in [-0.05, 0) is 6.92 Å². The van der Waals surface area contributed by atoms with Gasteiger partial charge in [-0.1, -0.05) is 19.8 Å². The maximum Gasteiger partial charge on any atom is 0.147 e. The van der Waals surface area contributed by atoms with Gasteiger partial charge in [0.25, 0.3) is 0 Å². The summed E-state index contributed by atoms with van der Waals surface area (Å²) < 4.78 is 0. The van der Waals surface area contributed by atoms with E-state index >= 15 is 0 Å². The average molecular weight is 232 g/mol. The number of hydrogen-bond donors (Lipinski definition) is 1. The van der Waals surface area contributed by atoms with E-state index in [0.717, 1.165) is 24.6 Å². The lowest BCUT2D eigenvalue weighted by molar-refractivity contribution is 0.580. The molecule has 0 atom stereocenters. The van der Waals surface area contributed by atoms with Crippen LogP contribution in [0.3, 0.4) is 0 Å². The number of nitrogens with zero attached hydrogens (tertiary/aromatic N) is 3. The number of rotatable bonds is 6. The lowest BCUT2D eigenvalue weighted by Gasteiger charge is -2.18. The van der Waals surface area contributed by atoms with Crippen molar-refractivity contribution in [2.45, 2.75) is 33.4 Å². The van der Waals surface area contributed by atoms with E-state index in [0.29, 0.717) is 12.6 Å². The number of aromatic nitrogens is 2. The van der Waals surface area contributed by atoms with Crippen molar-refractivity contribution in [3.8, 4) is 12.3 Å². The van der Waals surface area contributed by atoms with Gasteiger partial charge in [-0.2, -0.15) is 0 Å². The van der Waals surface area contributed by atoms with Crippen molar-refractivity contribution in [3.05, 3.63) is 18.1 Å². The molecule has 0 aliphatic carbocycles. The highest BCUT2D eigenvalue weighted by Gasteiger charge is 2.04. The second-order valence-corrected chi connectivity index (χ2v) is 4.12. The Morgan fingerprint density at radius 1 is 1.41 bits per heavy atom. The molecule has 4 nitrogen and oxygen atoms in total. The fraction of sp³-hybridized carbons (Fsp3) is 0.538. The zero-order valence-corrected chi connectivity index (χ0v) is 10.8. The first-order valence-corrected chi connectivity index (χ1v) is 5.90. The molecule has 0 unspecified atom stereocenters. The lowest BCUT2D eigenvalue weighted by atomic mass is 10.3. The second kappa shape index (κ2) is 6.87. The first-order chi connectivity index (χ1) is 8.17. The number of hydrogen-bond acceptors (Lipinski definition) is 4. The Morgan fingerprint density at radius 3 is 2.65 bits per heavy atom. The molecule has 92 valence electrons. The highest BCUT2D eigenvalue weighted by Crippen LogP contribution is 2.07. The Balaban J connectivity index is 2.63. The first-order valence-electron chi connectivity index (χ1n) is 5.90. The summed E-state index contributed by atoms with van der Waals surface area (Å²) in [7, 11) is 0. The van der Waals surface area contributed by atoms with Crippen molar-refractivity contribution in [2.75, 3.05) is 18.0 Å². The molecule has 0 fully saturated rings. The van der Waals surface area contributed by atoms with Gasteiger partial charge < -0.3 is 10.2 Å². The summed E-state index contributed by atoms with van der Waals surface area (Å²) in [5.74, 6) is 3.45. The van der Waals surface area contributed by atoms with E-state index in [2.05, 4.69) is 35.1 Å². The molecule has 0 spiro atoms. The van der Waals surface area contributed by atoms with E-state index in [1.807, 2.05) is 11.8 Å². The van der Waals surface area contributed by atoms with Crippen molar-refractivity contribution >= 4 is 5.82 Å². The molecular weight excluding hydrogens is 212 g/mol. The first kappa shape index (κ1) is 13.5. The number of nitrogens with one attached hydrogen (secondary N) is 1. The third kappa shape index (κ3) is 4.41. The SMILES string of the molecule is C#CCN(CC)c1cnc(CNC(C)C)cn1. The highest BCUT2D eigenvalue weighted by atomic mass is 15.2. The smallest absolute Gasteiger partial charge is 0.147 e. The van der Waals surface area contributed by atoms with E-state index in [1.54, 1.807) is 12.4 Å². The fourth-order valence-electron chi connectivity index (χ4n) is 1.38. The topological polar surface area (TPSA) is 41.1 Å². The predicted octanol–water partition coefficient (Wildman–Crippen LogP) is 1.43. The summed E-state index contributed by atoms with van der Waals surface area (Å²) in [6.45, 7) is 8.40. The molecule has 1 N–H and O–H groups in total. The molecule has 0 saturated heterocycles. The van der Waals surface area contributed by atoms with Crippen molar-refractivity contribution in [1.82, 2.24) is 15.3 Å². The van der Waals surface area contributed by atoms with Crippen LogP contribution >= 0.6 is 0 Å². The van der Waals surface area contributed by atoms with Crippen LogP contribution in [-0.2, 0) is 6.54 Å². The van der Waals surface area contributed by atoms with Crippen molar-refractivity contribution in [1.29, 1.82) is 0 Å². The molecule has 1 rings (SSSR count). The molecule has 0 bridgehead atoms. The van der Waals surface area contributed by atoms with E-state index in [1.165, 1.54) is 0 Å². The minimum absolute atomic E-state index is 0.449. The molecule has 0 aromatic carbocycles. The maximum absolute atomic E-state index is 5.30. The van der Waals surface area contributed by atoms with Crippen LogP contribution < -0.4 is 10.2 Å². The Hall–Kier alpha value is -1.60. The minimum Gasteiger partial charge on any atom is -0.344 e. The highest BCUT2D eigenvalue weighted by molar-refractivity contribution is 5.37. The van der Waals surface area contributed by atoms with Crippen LogP contribution in [0.1, 0.15) is 26.5 Å². The van der Waals surface area contributed by atoms with Crippen molar-refractivity contribution in [2.24, 2.45) is 0 Å². The molecule has 0 amide bonds. The van der Waals surface area contributed by atoms with E-state index < -0.39 is 0 Å². The van der Waals surface area contributed by atoms with Crippen LogP contribution in [0.5, 0.6) is 0 Å². The molecule has 1 aromatic heterocycles. The molecule has 1 aromatic rings. The summed E-state index contributed by atoms with van der Waals surface area (Å²) >= 11 is 0. The van der Waals surface area contributed by atoms with E-state index in [-0.39, 0.29) is 0 Å². The lowest BCUT2D eigenvalue weighted by Crippen LogP contribution is -2.25. The monoisotopic (exact) mass is 232 g/mol. The van der Waals surface area contributed by atoms with Crippen molar-refractivity contribution < 1.29 is 0 Å². The van der Waals surface area contributed by atoms with Crippen LogP contribution in [0.25, 0.3) is 0 Å². The minimum atomic E-state index is 0.449. The summed E-state index contributed by atoms with van der Waals surface area (Å²) in [6, 6.07) is 0.449. The zero-order chi connectivity index (χ0) is 12.7. The summed E-state index contributed by atoms with van der Waals surface area (Å²) in [4.78, 5) is 10.7. The molecule has 4 heteroatoms. The van der Waals surface area contributed by atoms with Gasteiger partial charge in [0.15, 0.2) is 0 Å². The van der Waals surface area contributed by atoms with Crippen LogP contribution in [0.2, 0.25) is 0 Å². The fourth-order valence-corrected chi connectivity index (χ4v) is 1.38. The van der Waals surface area contributed by atoms with Gasteiger partial charge in [-0.3, -0.25) is 4.98 Å². The van der Waals surface area contributed by atoms with Gasteiger partial charge in [-0.25, -0.2) is 4.98 Å². The van der Waals surface area contributed by atoms with Crippen LogP contribution in [-0.4, -0.2) is 29.1 Å². The molecular formula is C13H20N4. The molecule has 0 radical (unpaired) electrons. The normalized spacial score (nSPS) is 10.3. The van der Waals surface area contributed by atoms with Gasteiger partial charge in [0.1, 0.15) is 5.82 Å². The molecule has 1 heterocycles. The Kier molecular flexibility index (Phi) is 5.44. The number of terminal acetylenes is 1. The summed E-state index contributed by atoms with van der Waals surface area (Å²) in [5, 5.41) is 3.30. The van der Waals surface area contributed by atoms with Crippen LogP contribution in [0.15, 0.2) is 12.4 Å². The largest absolute Gasteiger partial charge is 0.344 e. The average Bonchev–Trinajstić information content (AvgIpc) is 2.34. The van der Waals surface area contributed by atoms with Gasteiger partial charge in [0.2, 0.25) is 0 Å². The standard InChI is InChI=1S/C13H20N4/c1-5-7-17(6-2)13-10-15-12(9-16-13)8-14-11(3)4/h1,9-11,14H,6-8H2,2-4H3. The zero-order valence-electron chi connectivity index (χ0n) is 10.8. The third-order valence-corrected chi connectivity index (χ3v) is 2.37. The van der Waals surface area contributed by atoms with Gasteiger partial charge in [0, 0.05) is 19.1 Å². The quantitative estimate of drug-likeness (QED) is 0.753. The Morgan fingerprint density at radius 2 is 2.18 bits per heavy atom. The molecule has 0 saturated carbocycles. The van der Waals surface area contributed by atoms with Crippen LogP contribution in [0.4, 0.5) is 5.82 Å². The molecule has 17 heavy (non-hydrogen) atoms. The maximum atomic E-state index is 5.30. The van der Waals surface area contributed by atoms with Gasteiger partial charge in [-0.15, -0.1) is 6.42 Å². The Bertz CT molecular complexity index is 364. The van der Waals surface area contributed by atoms with Gasteiger partial charge >= 0.3 is 0 Å². The summed E-state index contributed by atoms with van der Waals surface area (Å²) in [5.41, 5.74) is 0.944.